The molecule has 66 valence electrons. The van der Waals surface area contributed by atoms with Gasteiger partial charge in [-0.25, -0.2) is 0 Å². The van der Waals surface area contributed by atoms with E-state index in [1.165, 1.54) is 6.42 Å². The smallest absolute Gasteiger partial charge is 0.140 e. The molecule has 1 heterocycles. The molecule has 11 heavy (non-hydrogen) atoms. The maximum Gasteiger partial charge on any atom is 0.140 e. The molecule has 1 fully saturated rings. The molecule has 1 saturated heterocycles. The molecule has 1 unspecified atom stereocenters. The standard InChI is InChI=1S/C8H18N2O/c1-8(7-11-8)9-5-4-6-10(2)3/h9H,4-7H2,1-3H3. The summed E-state index contributed by atoms with van der Waals surface area (Å²) in [5, 5.41) is 3.34. The van der Waals surface area contributed by atoms with Crippen molar-refractivity contribution in [2.75, 3.05) is 33.8 Å². The monoisotopic (exact) mass is 158 g/mol. The zero-order valence-corrected chi connectivity index (χ0v) is 7.68. The van der Waals surface area contributed by atoms with E-state index in [2.05, 4.69) is 31.2 Å². The molecule has 0 amide bonds. The van der Waals surface area contributed by atoms with Crippen LogP contribution in [0.4, 0.5) is 0 Å². The molecular formula is C8H18N2O. The molecule has 0 radical (unpaired) electrons. The Labute approximate surface area is 68.7 Å². The first-order valence-electron chi connectivity index (χ1n) is 4.16. The molecule has 0 aromatic rings. The van der Waals surface area contributed by atoms with Gasteiger partial charge in [-0.3, -0.25) is 5.32 Å². The molecule has 1 aliphatic rings. The van der Waals surface area contributed by atoms with E-state index in [1.54, 1.807) is 0 Å². The van der Waals surface area contributed by atoms with Gasteiger partial charge in [-0.2, -0.15) is 0 Å². The highest BCUT2D eigenvalue weighted by atomic mass is 16.6. The number of hydrogen-bond donors (Lipinski definition) is 1. The molecule has 0 bridgehead atoms. The second-order valence-corrected chi connectivity index (χ2v) is 3.60. The van der Waals surface area contributed by atoms with Gasteiger partial charge < -0.3 is 9.64 Å². The van der Waals surface area contributed by atoms with E-state index in [9.17, 15) is 0 Å². The molecule has 1 aliphatic heterocycles. The first-order valence-corrected chi connectivity index (χ1v) is 4.16. The van der Waals surface area contributed by atoms with Crippen LogP contribution in [0.15, 0.2) is 0 Å². The SMILES string of the molecule is CN(C)CCCNC1(C)CO1. The average molecular weight is 158 g/mol. The van der Waals surface area contributed by atoms with Gasteiger partial charge in [0, 0.05) is 0 Å². The highest BCUT2D eigenvalue weighted by molar-refractivity contribution is 4.83. The molecule has 0 aromatic heterocycles. The van der Waals surface area contributed by atoms with Crippen LogP contribution in [0.2, 0.25) is 0 Å². The number of ether oxygens (including phenoxy) is 1. The van der Waals surface area contributed by atoms with Gasteiger partial charge in [0.2, 0.25) is 0 Å². The maximum absolute atomic E-state index is 5.18. The lowest BCUT2D eigenvalue weighted by atomic mass is 10.3. The van der Waals surface area contributed by atoms with Gasteiger partial charge in [-0.1, -0.05) is 0 Å². The summed E-state index contributed by atoms with van der Waals surface area (Å²) in [7, 11) is 4.19. The Morgan fingerprint density at radius 2 is 2.18 bits per heavy atom. The number of rotatable bonds is 5. The summed E-state index contributed by atoms with van der Waals surface area (Å²) < 4.78 is 5.18. The Morgan fingerprint density at radius 3 is 2.64 bits per heavy atom. The summed E-state index contributed by atoms with van der Waals surface area (Å²) in [5.41, 5.74) is 0.0202. The lowest BCUT2D eigenvalue weighted by Crippen LogP contribution is -2.31. The van der Waals surface area contributed by atoms with Crippen LogP contribution in [0.25, 0.3) is 0 Å². The van der Waals surface area contributed by atoms with Crippen molar-refractivity contribution in [1.82, 2.24) is 10.2 Å². The van der Waals surface area contributed by atoms with Crippen LogP contribution < -0.4 is 5.32 Å². The van der Waals surface area contributed by atoms with E-state index < -0.39 is 0 Å². The normalized spacial score (nSPS) is 29.5. The van der Waals surface area contributed by atoms with Gasteiger partial charge in [-0.15, -0.1) is 0 Å². The first-order chi connectivity index (χ1) is 5.12. The minimum atomic E-state index is 0.0202. The van der Waals surface area contributed by atoms with Crippen molar-refractivity contribution in [2.45, 2.75) is 19.1 Å². The Balaban J connectivity index is 1.88. The molecule has 0 aromatic carbocycles. The maximum atomic E-state index is 5.18. The summed E-state index contributed by atoms with van der Waals surface area (Å²) in [6.45, 7) is 5.15. The summed E-state index contributed by atoms with van der Waals surface area (Å²) in [5.74, 6) is 0. The van der Waals surface area contributed by atoms with Gasteiger partial charge in [0.1, 0.15) is 5.72 Å². The van der Waals surface area contributed by atoms with Crippen molar-refractivity contribution in [2.24, 2.45) is 0 Å². The van der Waals surface area contributed by atoms with E-state index in [-0.39, 0.29) is 5.72 Å². The molecule has 3 nitrogen and oxygen atoms in total. The van der Waals surface area contributed by atoms with Crippen LogP contribution in [0.3, 0.4) is 0 Å². The third-order valence-electron chi connectivity index (χ3n) is 1.86. The fraction of sp³-hybridized carbons (Fsp3) is 1.00. The largest absolute Gasteiger partial charge is 0.354 e. The van der Waals surface area contributed by atoms with Crippen molar-refractivity contribution in [1.29, 1.82) is 0 Å². The second kappa shape index (κ2) is 3.52. The van der Waals surface area contributed by atoms with Crippen LogP contribution >= 0.6 is 0 Å². The number of nitrogens with one attached hydrogen (secondary N) is 1. The van der Waals surface area contributed by atoms with E-state index in [1.807, 2.05) is 0 Å². The highest BCUT2D eigenvalue weighted by Crippen LogP contribution is 2.21. The molecule has 0 saturated carbocycles. The van der Waals surface area contributed by atoms with Crippen molar-refractivity contribution >= 4 is 0 Å². The third-order valence-corrected chi connectivity index (χ3v) is 1.86. The highest BCUT2D eigenvalue weighted by Gasteiger charge is 2.38. The molecule has 1 N–H and O–H groups in total. The Bertz CT molecular complexity index is 121. The van der Waals surface area contributed by atoms with E-state index >= 15 is 0 Å². The molecule has 0 spiro atoms. The quantitative estimate of drug-likeness (QED) is 0.460. The van der Waals surface area contributed by atoms with Crippen molar-refractivity contribution in [3.05, 3.63) is 0 Å². The third kappa shape index (κ3) is 3.70. The molecule has 1 atom stereocenters. The summed E-state index contributed by atoms with van der Waals surface area (Å²) in [6.07, 6.45) is 1.19. The van der Waals surface area contributed by atoms with E-state index in [4.69, 9.17) is 4.74 Å². The molecule has 0 aliphatic carbocycles. The van der Waals surface area contributed by atoms with Crippen molar-refractivity contribution < 1.29 is 4.74 Å². The van der Waals surface area contributed by atoms with Crippen LogP contribution in [0.5, 0.6) is 0 Å². The Kier molecular flexibility index (Phi) is 2.87. The number of epoxide rings is 1. The van der Waals surface area contributed by atoms with E-state index in [0.717, 1.165) is 19.7 Å². The fourth-order valence-corrected chi connectivity index (χ4v) is 0.958. The van der Waals surface area contributed by atoms with Gasteiger partial charge in [0.15, 0.2) is 0 Å². The molecular weight excluding hydrogens is 140 g/mol. The van der Waals surface area contributed by atoms with Crippen molar-refractivity contribution in [3.8, 4) is 0 Å². The predicted molar refractivity (Wildman–Crippen MR) is 45.5 cm³/mol. The lowest BCUT2D eigenvalue weighted by Gasteiger charge is -2.11. The molecule has 3 heteroatoms. The van der Waals surface area contributed by atoms with Crippen LogP contribution in [-0.4, -0.2) is 44.4 Å². The van der Waals surface area contributed by atoms with Gasteiger partial charge in [0.05, 0.1) is 6.61 Å². The predicted octanol–water partition coefficient (Wildman–Crippen LogP) is 0.274. The summed E-state index contributed by atoms with van der Waals surface area (Å²) >= 11 is 0. The lowest BCUT2D eigenvalue weighted by molar-refractivity contribution is 0.270. The average Bonchev–Trinajstić information content (AvgIpc) is 2.62. The van der Waals surface area contributed by atoms with Crippen LogP contribution in [0.1, 0.15) is 13.3 Å². The fourth-order valence-electron chi connectivity index (χ4n) is 0.958. The zero-order valence-electron chi connectivity index (χ0n) is 7.68. The zero-order chi connectivity index (χ0) is 8.32. The Hall–Kier alpha value is -0.120. The number of nitrogens with zero attached hydrogens (tertiary/aromatic N) is 1. The van der Waals surface area contributed by atoms with Crippen LogP contribution in [-0.2, 0) is 4.74 Å². The Morgan fingerprint density at radius 1 is 1.55 bits per heavy atom. The number of hydrogen-bond acceptors (Lipinski definition) is 3. The van der Waals surface area contributed by atoms with Crippen LogP contribution in [0, 0.1) is 0 Å². The minimum Gasteiger partial charge on any atom is -0.354 e. The van der Waals surface area contributed by atoms with Gasteiger partial charge in [0.25, 0.3) is 0 Å². The molecule has 1 rings (SSSR count). The van der Waals surface area contributed by atoms with E-state index in [0.29, 0.717) is 0 Å². The first kappa shape index (κ1) is 8.97. The topological polar surface area (TPSA) is 27.8 Å². The van der Waals surface area contributed by atoms with Gasteiger partial charge >= 0.3 is 0 Å². The summed E-state index contributed by atoms with van der Waals surface area (Å²) in [4.78, 5) is 2.19. The van der Waals surface area contributed by atoms with Crippen molar-refractivity contribution in [3.63, 3.8) is 0 Å². The minimum absolute atomic E-state index is 0.0202. The second-order valence-electron chi connectivity index (χ2n) is 3.60. The van der Waals surface area contributed by atoms with Gasteiger partial charge in [-0.05, 0) is 40.5 Å². The summed E-state index contributed by atoms with van der Waals surface area (Å²) in [6, 6.07) is 0.